The van der Waals surface area contributed by atoms with E-state index in [1.807, 2.05) is 6.92 Å². The summed E-state index contributed by atoms with van der Waals surface area (Å²) in [4.78, 5) is 21.6. The van der Waals surface area contributed by atoms with Gasteiger partial charge in [-0.05, 0) is 63.4 Å². The van der Waals surface area contributed by atoms with Crippen LogP contribution in [0.4, 0.5) is 0 Å². The Morgan fingerprint density at radius 1 is 1.35 bits per heavy atom. The molecule has 0 rings (SSSR count). The molecule has 0 saturated carbocycles. The average molecular weight is 416 g/mol. The molecule has 0 aliphatic heterocycles. The molecule has 1 N–H and O–H groups in total. The van der Waals surface area contributed by atoms with Crippen LogP contribution in [-0.2, 0) is 8.91 Å². The van der Waals surface area contributed by atoms with E-state index in [-0.39, 0.29) is 13.0 Å². The lowest BCUT2D eigenvalue weighted by molar-refractivity contribution is -0.137. The zero-order valence-electron chi connectivity index (χ0n) is 16.2. The summed E-state index contributed by atoms with van der Waals surface area (Å²) >= 11 is 1.50. The van der Waals surface area contributed by atoms with Gasteiger partial charge in [0.2, 0.25) is 0 Å². The number of nitrogens with zero attached hydrogens (tertiary/aromatic N) is 5. The standard InChI is InChI=1S/C15H29N5O3SSi2/c1-13(11-19-20-16)10-18-15(17-2)24-12-26(5,6)23-25(3,4)9-7-8-14(21)22/h10H,2,7-9,11-12H2,1,3-6H3,(H,21,22)/b13-10+,18-15+. The lowest BCUT2D eigenvalue weighted by Crippen LogP contribution is -2.46. The molecular formula is C15H29N5O3SSi2. The van der Waals surface area contributed by atoms with Gasteiger partial charge in [0.25, 0.3) is 0 Å². The molecular weight excluding hydrogens is 386 g/mol. The Hall–Kier alpha value is -1.40. The molecule has 0 unspecified atom stereocenters. The SMILES string of the molecule is C=N/C(=N\C=C(/C)CN=[N+]=[N-])SC[Si](C)(C)O[Si](C)(C)CCCC(=O)O. The van der Waals surface area contributed by atoms with Crippen molar-refractivity contribution < 1.29 is 14.0 Å². The fourth-order valence-corrected chi connectivity index (χ4v) is 12.5. The van der Waals surface area contributed by atoms with Crippen molar-refractivity contribution >= 4 is 46.3 Å². The van der Waals surface area contributed by atoms with Crippen LogP contribution in [0.5, 0.6) is 0 Å². The minimum atomic E-state index is -1.95. The highest BCUT2D eigenvalue weighted by Gasteiger charge is 2.33. The quantitative estimate of drug-likeness (QED) is 0.130. The second-order valence-corrected chi connectivity index (χ2v) is 17.3. The van der Waals surface area contributed by atoms with Gasteiger partial charge in [-0.1, -0.05) is 16.9 Å². The summed E-state index contributed by atoms with van der Waals surface area (Å²) in [5.74, 6) is -0.761. The third kappa shape index (κ3) is 12.9. The van der Waals surface area contributed by atoms with E-state index in [1.165, 1.54) is 11.8 Å². The van der Waals surface area contributed by atoms with Crippen molar-refractivity contribution in [1.82, 2.24) is 0 Å². The summed E-state index contributed by atoms with van der Waals surface area (Å²) in [5.41, 5.74) is 9.15. The van der Waals surface area contributed by atoms with Crippen molar-refractivity contribution in [2.45, 2.75) is 52.0 Å². The normalized spacial score (nSPS) is 13.3. The number of rotatable bonds is 11. The van der Waals surface area contributed by atoms with Crippen LogP contribution in [0.25, 0.3) is 10.4 Å². The number of hydrogen-bond acceptors (Lipinski definition) is 5. The maximum Gasteiger partial charge on any atom is 0.303 e. The molecule has 0 aromatic heterocycles. The average Bonchev–Trinajstić information content (AvgIpc) is 2.51. The van der Waals surface area contributed by atoms with Crippen molar-refractivity contribution in [3.63, 3.8) is 0 Å². The maximum atomic E-state index is 10.7. The minimum Gasteiger partial charge on any atom is -0.481 e. The van der Waals surface area contributed by atoms with Gasteiger partial charge in [0, 0.05) is 29.5 Å². The number of carbonyl (C=O) groups is 1. The molecule has 0 radical (unpaired) electrons. The van der Waals surface area contributed by atoms with Crippen molar-refractivity contribution in [2.75, 3.05) is 11.9 Å². The van der Waals surface area contributed by atoms with Gasteiger partial charge in [-0.15, -0.1) is 0 Å². The third-order valence-corrected chi connectivity index (χ3v) is 13.0. The van der Waals surface area contributed by atoms with E-state index in [0.717, 1.165) is 17.0 Å². The Balaban J connectivity index is 4.69. The Labute approximate surface area is 161 Å². The molecule has 11 heteroatoms. The molecule has 0 atom stereocenters. The Morgan fingerprint density at radius 3 is 2.54 bits per heavy atom. The summed E-state index contributed by atoms with van der Waals surface area (Å²) in [7, 11) is -3.85. The summed E-state index contributed by atoms with van der Waals surface area (Å²) in [6, 6.07) is 0.836. The maximum absolute atomic E-state index is 10.7. The summed E-state index contributed by atoms with van der Waals surface area (Å²) in [5, 5.41) is 13.6. The van der Waals surface area contributed by atoms with Crippen LogP contribution >= 0.6 is 11.8 Å². The van der Waals surface area contributed by atoms with Crippen molar-refractivity contribution in [3.05, 3.63) is 22.2 Å². The number of carboxylic acid groups (broad SMARTS) is 1. The van der Waals surface area contributed by atoms with Gasteiger partial charge < -0.3 is 9.22 Å². The lowest BCUT2D eigenvalue weighted by Gasteiger charge is -2.33. The monoisotopic (exact) mass is 415 g/mol. The molecule has 0 amide bonds. The third-order valence-electron chi connectivity index (χ3n) is 3.18. The van der Waals surface area contributed by atoms with Gasteiger partial charge in [-0.3, -0.25) is 4.79 Å². The van der Waals surface area contributed by atoms with E-state index >= 15 is 0 Å². The zero-order valence-corrected chi connectivity index (χ0v) is 19.0. The van der Waals surface area contributed by atoms with E-state index in [0.29, 0.717) is 11.6 Å². The minimum absolute atomic E-state index is 0.190. The van der Waals surface area contributed by atoms with Crippen molar-refractivity contribution in [1.29, 1.82) is 0 Å². The first-order valence-electron chi connectivity index (χ1n) is 8.27. The van der Waals surface area contributed by atoms with Gasteiger partial charge in [0.15, 0.2) is 21.8 Å². The summed E-state index contributed by atoms with van der Waals surface area (Å²) in [6.07, 6.45) is 2.48. The topological polar surface area (TPSA) is 120 Å². The van der Waals surface area contributed by atoms with Gasteiger partial charge in [-0.2, -0.15) is 0 Å². The van der Waals surface area contributed by atoms with Gasteiger partial charge in [0.05, 0.1) is 0 Å². The van der Waals surface area contributed by atoms with E-state index in [2.05, 4.69) is 52.9 Å². The Bertz CT molecular complexity index is 602. The van der Waals surface area contributed by atoms with Crippen molar-refractivity contribution in [3.8, 4) is 0 Å². The van der Waals surface area contributed by atoms with Crippen LogP contribution in [0.1, 0.15) is 19.8 Å². The van der Waals surface area contributed by atoms with E-state index in [9.17, 15) is 4.79 Å². The van der Waals surface area contributed by atoms with Crippen LogP contribution in [0.3, 0.4) is 0 Å². The van der Waals surface area contributed by atoms with E-state index < -0.39 is 22.6 Å². The Morgan fingerprint density at radius 2 is 2.00 bits per heavy atom. The predicted molar refractivity (Wildman–Crippen MR) is 115 cm³/mol. The van der Waals surface area contributed by atoms with Gasteiger partial charge >= 0.3 is 5.97 Å². The van der Waals surface area contributed by atoms with Crippen LogP contribution in [0.15, 0.2) is 26.9 Å². The molecule has 146 valence electrons. The number of azide groups is 1. The Kier molecular flexibility index (Phi) is 11.4. The first kappa shape index (κ1) is 24.6. The lowest BCUT2D eigenvalue weighted by atomic mass is 10.3. The number of amidine groups is 1. The zero-order chi connectivity index (χ0) is 20.2. The first-order chi connectivity index (χ1) is 12.0. The van der Waals surface area contributed by atoms with Crippen LogP contribution in [0, 0.1) is 0 Å². The van der Waals surface area contributed by atoms with E-state index in [4.69, 9.17) is 14.8 Å². The molecule has 0 aliphatic rings. The first-order valence-corrected chi connectivity index (χ1v) is 15.5. The smallest absolute Gasteiger partial charge is 0.303 e. The van der Waals surface area contributed by atoms with Gasteiger partial charge in [-0.25, -0.2) is 9.98 Å². The predicted octanol–water partition coefficient (Wildman–Crippen LogP) is 4.82. The fourth-order valence-electron chi connectivity index (χ4n) is 2.21. The number of carboxylic acids is 1. The van der Waals surface area contributed by atoms with E-state index in [1.54, 1.807) is 6.20 Å². The summed E-state index contributed by atoms with van der Waals surface area (Å²) in [6.45, 7) is 14.2. The number of aliphatic carboxylic acids is 1. The van der Waals surface area contributed by atoms with Crippen LogP contribution in [0.2, 0.25) is 32.2 Å². The van der Waals surface area contributed by atoms with Crippen LogP contribution in [-0.4, -0.2) is 51.5 Å². The second-order valence-electron chi connectivity index (χ2n) is 7.09. The molecule has 8 nitrogen and oxygen atoms in total. The molecule has 0 saturated heterocycles. The largest absolute Gasteiger partial charge is 0.481 e. The number of thioether (sulfide) groups is 1. The second kappa shape index (κ2) is 12.1. The molecule has 0 bridgehead atoms. The summed E-state index contributed by atoms with van der Waals surface area (Å²) < 4.78 is 6.46. The number of aliphatic imine (C=N–C) groups is 2. The molecule has 0 spiro atoms. The number of hydrogen-bond donors (Lipinski definition) is 1. The highest BCUT2D eigenvalue weighted by atomic mass is 32.2. The highest BCUT2D eigenvalue weighted by Crippen LogP contribution is 2.24. The molecule has 0 heterocycles. The van der Waals surface area contributed by atoms with Crippen molar-refractivity contribution in [2.24, 2.45) is 15.1 Å². The molecule has 26 heavy (non-hydrogen) atoms. The van der Waals surface area contributed by atoms with Crippen LogP contribution < -0.4 is 0 Å². The molecule has 0 aliphatic carbocycles. The van der Waals surface area contributed by atoms with Gasteiger partial charge in [0.1, 0.15) is 0 Å². The molecule has 0 aromatic carbocycles. The highest BCUT2D eigenvalue weighted by molar-refractivity contribution is 8.15. The fraction of sp³-hybridized carbons (Fsp3) is 0.667. The molecule has 0 aromatic rings. The molecule has 0 fully saturated rings.